The topological polar surface area (TPSA) is 53.6 Å². The van der Waals surface area contributed by atoms with Gasteiger partial charge in [-0.25, -0.2) is 0 Å². The number of rotatable bonds is 3. The third-order valence-electron chi connectivity index (χ3n) is 2.84. The predicted molar refractivity (Wildman–Crippen MR) is 85.0 cm³/mol. The fourth-order valence-corrected chi connectivity index (χ4v) is 2.00. The zero-order valence-electron chi connectivity index (χ0n) is 11.5. The molecular formula is C12H27IN4. The molecule has 0 aromatic rings. The second-order valence-electron chi connectivity index (χ2n) is 5.65. The van der Waals surface area contributed by atoms with Crippen molar-refractivity contribution in [3.63, 3.8) is 0 Å². The highest BCUT2D eigenvalue weighted by molar-refractivity contribution is 14.0. The van der Waals surface area contributed by atoms with E-state index in [2.05, 4.69) is 42.9 Å². The van der Waals surface area contributed by atoms with E-state index in [1.54, 1.807) is 0 Å². The number of guanidine groups is 1. The Balaban J connectivity index is 0.00000256. The molecule has 0 bridgehead atoms. The molecule has 0 spiro atoms. The average molecular weight is 354 g/mol. The molecule has 0 aromatic carbocycles. The van der Waals surface area contributed by atoms with Gasteiger partial charge in [-0.1, -0.05) is 6.92 Å². The van der Waals surface area contributed by atoms with E-state index in [1.165, 1.54) is 19.5 Å². The Morgan fingerprint density at radius 3 is 2.59 bits per heavy atom. The lowest BCUT2D eigenvalue weighted by molar-refractivity contribution is 0.343. The summed E-state index contributed by atoms with van der Waals surface area (Å²) >= 11 is 0. The lowest BCUT2D eigenvalue weighted by Gasteiger charge is -2.21. The van der Waals surface area contributed by atoms with Gasteiger partial charge in [0.2, 0.25) is 0 Å². The first-order chi connectivity index (χ1) is 7.40. The zero-order chi connectivity index (χ0) is 12.2. The molecule has 3 N–H and O–H groups in total. The maximum absolute atomic E-state index is 5.83. The Morgan fingerprint density at radius 1 is 1.47 bits per heavy atom. The van der Waals surface area contributed by atoms with E-state index < -0.39 is 0 Å². The molecule has 0 amide bonds. The lowest BCUT2D eigenvalue weighted by atomic mass is 10.1. The average Bonchev–Trinajstić information content (AvgIpc) is 2.59. The van der Waals surface area contributed by atoms with Crippen molar-refractivity contribution >= 4 is 29.9 Å². The van der Waals surface area contributed by atoms with Crippen LogP contribution < -0.4 is 11.1 Å². The zero-order valence-corrected chi connectivity index (χ0v) is 13.8. The van der Waals surface area contributed by atoms with Crippen molar-refractivity contribution in [2.24, 2.45) is 16.6 Å². The van der Waals surface area contributed by atoms with Crippen LogP contribution in [0.1, 0.15) is 34.1 Å². The number of nitrogens with two attached hydrogens (primary N) is 1. The minimum Gasteiger partial charge on any atom is -0.370 e. The number of halogens is 1. The summed E-state index contributed by atoms with van der Waals surface area (Å²) < 4.78 is 0. The number of hydrogen-bond acceptors (Lipinski definition) is 2. The van der Waals surface area contributed by atoms with Gasteiger partial charge in [0.1, 0.15) is 0 Å². The molecule has 0 radical (unpaired) electrons. The molecule has 0 saturated carbocycles. The quantitative estimate of drug-likeness (QED) is 0.460. The van der Waals surface area contributed by atoms with Gasteiger partial charge in [-0.2, -0.15) is 0 Å². The van der Waals surface area contributed by atoms with E-state index >= 15 is 0 Å². The fourth-order valence-electron chi connectivity index (χ4n) is 2.00. The molecule has 4 nitrogen and oxygen atoms in total. The van der Waals surface area contributed by atoms with Crippen LogP contribution in [0, 0.1) is 5.92 Å². The van der Waals surface area contributed by atoms with Crippen LogP contribution in [-0.4, -0.2) is 42.6 Å². The molecule has 17 heavy (non-hydrogen) atoms. The third kappa shape index (κ3) is 7.08. The normalized spacial score (nSPS) is 22.4. The Kier molecular flexibility index (Phi) is 7.39. The van der Waals surface area contributed by atoms with Crippen molar-refractivity contribution in [3.05, 3.63) is 0 Å². The number of likely N-dealkylation sites (tertiary alicyclic amines) is 1. The van der Waals surface area contributed by atoms with Gasteiger partial charge in [-0.3, -0.25) is 4.99 Å². The monoisotopic (exact) mass is 354 g/mol. The highest BCUT2D eigenvalue weighted by Crippen LogP contribution is 2.15. The summed E-state index contributed by atoms with van der Waals surface area (Å²) in [5.41, 5.74) is 5.83. The molecule has 1 heterocycles. The molecule has 1 saturated heterocycles. The smallest absolute Gasteiger partial charge is 0.188 e. The fraction of sp³-hybridized carbons (Fsp3) is 0.917. The standard InChI is InChI=1S/C12H26N4.HI/c1-5-16-7-6-10(9-16)8-14-11(13)15-12(2,3)4;/h10H,5-9H2,1-4H3,(H3,13,14,15);1H. The highest BCUT2D eigenvalue weighted by Gasteiger charge is 2.20. The molecule has 1 rings (SSSR count). The molecule has 1 fully saturated rings. The number of aliphatic imine (C=N–C) groups is 1. The first-order valence-corrected chi connectivity index (χ1v) is 6.21. The van der Waals surface area contributed by atoms with E-state index in [0.717, 1.165) is 13.1 Å². The maximum atomic E-state index is 5.83. The maximum Gasteiger partial charge on any atom is 0.188 e. The number of hydrogen-bond donors (Lipinski definition) is 2. The third-order valence-corrected chi connectivity index (χ3v) is 2.84. The van der Waals surface area contributed by atoms with Gasteiger partial charge in [0, 0.05) is 18.6 Å². The minimum absolute atomic E-state index is 0. The van der Waals surface area contributed by atoms with Crippen molar-refractivity contribution < 1.29 is 0 Å². The van der Waals surface area contributed by atoms with Crippen LogP contribution in [0.15, 0.2) is 4.99 Å². The molecule has 1 atom stereocenters. The van der Waals surface area contributed by atoms with Crippen LogP contribution in [0.25, 0.3) is 0 Å². The molecule has 5 heteroatoms. The highest BCUT2D eigenvalue weighted by atomic mass is 127. The van der Waals surface area contributed by atoms with Crippen LogP contribution in [0.4, 0.5) is 0 Å². The van der Waals surface area contributed by atoms with Crippen LogP contribution >= 0.6 is 24.0 Å². The molecule has 102 valence electrons. The summed E-state index contributed by atoms with van der Waals surface area (Å²) in [5.74, 6) is 1.25. The van der Waals surface area contributed by atoms with E-state index in [0.29, 0.717) is 11.9 Å². The van der Waals surface area contributed by atoms with Crippen molar-refractivity contribution in [2.75, 3.05) is 26.2 Å². The summed E-state index contributed by atoms with van der Waals surface area (Å²) in [7, 11) is 0. The molecule has 0 aromatic heterocycles. The summed E-state index contributed by atoms with van der Waals surface area (Å²) in [4.78, 5) is 6.88. The number of nitrogens with zero attached hydrogens (tertiary/aromatic N) is 2. The molecule has 1 unspecified atom stereocenters. The van der Waals surface area contributed by atoms with E-state index in [9.17, 15) is 0 Å². The SMILES string of the molecule is CCN1CCC(CN=C(N)NC(C)(C)C)C1.I. The van der Waals surface area contributed by atoms with E-state index in [1.807, 2.05) is 0 Å². The van der Waals surface area contributed by atoms with Gasteiger partial charge >= 0.3 is 0 Å². The Hall–Kier alpha value is -0.0400. The summed E-state index contributed by atoms with van der Waals surface area (Å²) in [6.45, 7) is 12.9. The van der Waals surface area contributed by atoms with Gasteiger partial charge in [0.25, 0.3) is 0 Å². The second kappa shape index (κ2) is 7.41. The van der Waals surface area contributed by atoms with Crippen molar-refractivity contribution in [1.29, 1.82) is 0 Å². The predicted octanol–water partition coefficient (Wildman–Crippen LogP) is 1.65. The van der Waals surface area contributed by atoms with E-state index in [-0.39, 0.29) is 29.5 Å². The van der Waals surface area contributed by atoms with Gasteiger partial charge < -0.3 is 16.0 Å². The molecule has 1 aliphatic heterocycles. The van der Waals surface area contributed by atoms with Gasteiger partial charge in [0.05, 0.1) is 0 Å². The number of nitrogens with one attached hydrogen (secondary N) is 1. The largest absolute Gasteiger partial charge is 0.370 e. The van der Waals surface area contributed by atoms with Gasteiger partial charge in [-0.05, 0) is 46.2 Å². The van der Waals surface area contributed by atoms with Gasteiger partial charge in [-0.15, -0.1) is 24.0 Å². The Morgan fingerprint density at radius 2 is 2.12 bits per heavy atom. The summed E-state index contributed by atoms with van der Waals surface area (Å²) in [6, 6.07) is 0. The van der Waals surface area contributed by atoms with Crippen molar-refractivity contribution in [2.45, 2.75) is 39.7 Å². The Labute approximate surface area is 122 Å². The van der Waals surface area contributed by atoms with E-state index in [4.69, 9.17) is 5.73 Å². The van der Waals surface area contributed by atoms with Crippen LogP contribution in [-0.2, 0) is 0 Å². The van der Waals surface area contributed by atoms with Crippen molar-refractivity contribution in [3.8, 4) is 0 Å². The van der Waals surface area contributed by atoms with Crippen LogP contribution in [0.5, 0.6) is 0 Å². The molecular weight excluding hydrogens is 327 g/mol. The lowest BCUT2D eigenvalue weighted by Crippen LogP contribution is -2.45. The minimum atomic E-state index is -0.00128. The van der Waals surface area contributed by atoms with Crippen LogP contribution in [0.2, 0.25) is 0 Å². The molecule has 1 aliphatic rings. The first kappa shape index (κ1) is 17.0. The Bertz CT molecular complexity index is 247. The first-order valence-electron chi connectivity index (χ1n) is 6.21. The van der Waals surface area contributed by atoms with Crippen molar-refractivity contribution in [1.82, 2.24) is 10.2 Å². The van der Waals surface area contributed by atoms with Gasteiger partial charge in [0.15, 0.2) is 5.96 Å². The summed E-state index contributed by atoms with van der Waals surface area (Å²) in [5, 5.41) is 3.18. The van der Waals surface area contributed by atoms with Crippen LogP contribution in [0.3, 0.4) is 0 Å². The summed E-state index contributed by atoms with van der Waals surface area (Å²) in [6.07, 6.45) is 1.25. The molecule has 0 aliphatic carbocycles. The second-order valence-corrected chi connectivity index (χ2v) is 5.65.